The van der Waals surface area contributed by atoms with Gasteiger partial charge in [0.2, 0.25) is 5.88 Å². The molecule has 1 aliphatic heterocycles. The molecule has 5 nitrogen and oxygen atoms in total. The van der Waals surface area contributed by atoms with Gasteiger partial charge in [0.05, 0.1) is 23.1 Å². The lowest BCUT2D eigenvalue weighted by molar-refractivity contribution is 0.150. The molecular formula is C20H20N2O3S. The van der Waals surface area contributed by atoms with Crippen LogP contribution in [0.3, 0.4) is 0 Å². The van der Waals surface area contributed by atoms with E-state index in [1.807, 2.05) is 19.1 Å². The van der Waals surface area contributed by atoms with Crippen LogP contribution in [0.4, 0.5) is 0 Å². The van der Waals surface area contributed by atoms with Gasteiger partial charge >= 0.3 is 0 Å². The Kier molecular flexibility index (Phi) is 5.01. The Morgan fingerprint density at radius 3 is 2.35 bits per heavy atom. The number of allylic oxidation sites excluding steroid dienone is 1. The highest BCUT2D eigenvalue weighted by atomic mass is 32.2. The van der Waals surface area contributed by atoms with Gasteiger partial charge < -0.3 is 4.74 Å². The topological polar surface area (TPSA) is 70.4 Å². The lowest BCUT2D eigenvalue weighted by Gasteiger charge is -2.28. The summed E-state index contributed by atoms with van der Waals surface area (Å²) in [6.07, 6.45) is 1.53. The first-order valence-corrected chi connectivity index (χ1v) is 9.79. The Morgan fingerprint density at radius 1 is 1.08 bits per heavy atom. The van der Waals surface area contributed by atoms with Crippen LogP contribution >= 0.6 is 0 Å². The van der Waals surface area contributed by atoms with Gasteiger partial charge in [0.1, 0.15) is 0 Å². The molecule has 3 rings (SSSR count). The number of ether oxygens (including phenoxy) is 1. The summed E-state index contributed by atoms with van der Waals surface area (Å²) >= 11 is 0. The average Bonchev–Trinajstić information content (AvgIpc) is 2.68. The molecule has 134 valence electrons. The number of aryl methyl sites for hydroxylation is 1. The summed E-state index contributed by atoms with van der Waals surface area (Å²) in [4.78, 5) is 0.228. The Labute approximate surface area is 154 Å². The zero-order chi connectivity index (χ0) is 18.7. The molecular weight excluding hydrogens is 348 g/mol. The van der Waals surface area contributed by atoms with Crippen LogP contribution in [-0.4, -0.2) is 26.4 Å². The summed E-state index contributed by atoms with van der Waals surface area (Å²) in [6.45, 7) is 2.39. The summed E-state index contributed by atoms with van der Waals surface area (Å²) in [6, 6.07) is 16.0. The molecule has 0 aromatic heterocycles. The van der Waals surface area contributed by atoms with Crippen LogP contribution in [0.5, 0.6) is 0 Å². The quantitative estimate of drug-likeness (QED) is 0.826. The van der Waals surface area contributed by atoms with Crippen LogP contribution in [0, 0.1) is 18.3 Å². The van der Waals surface area contributed by atoms with Crippen LogP contribution in [0.25, 0.3) is 5.57 Å². The van der Waals surface area contributed by atoms with E-state index in [0.717, 1.165) is 29.5 Å². The maximum Gasteiger partial charge on any atom is 0.266 e. The molecule has 0 spiro atoms. The maximum absolute atomic E-state index is 13.0. The first-order valence-electron chi connectivity index (χ1n) is 8.35. The first-order chi connectivity index (χ1) is 12.4. The van der Waals surface area contributed by atoms with Crippen molar-refractivity contribution in [2.75, 3.05) is 13.7 Å². The van der Waals surface area contributed by atoms with Gasteiger partial charge in [-0.15, -0.1) is 0 Å². The van der Waals surface area contributed by atoms with Crippen molar-refractivity contribution >= 4 is 15.6 Å². The molecule has 2 aromatic rings. The third-order valence-corrected chi connectivity index (χ3v) is 6.15. The molecule has 0 saturated carbocycles. The van der Waals surface area contributed by atoms with E-state index in [2.05, 4.69) is 6.07 Å². The molecule has 0 N–H and O–H groups in total. The second-order valence-electron chi connectivity index (χ2n) is 6.21. The SMILES string of the molecule is Cc1ccc(S(=O)(=O)N(C)C2=C(c3ccc(C#N)cc3)CCCO2)cc1. The van der Waals surface area contributed by atoms with Crippen molar-refractivity contribution in [2.24, 2.45) is 0 Å². The Bertz CT molecular complexity index is 969. The van der Waals surface area contributed by atoms with Crippen molar-refractivity contribution in [2.45, 2.75) is 24.7 Å². The molecule has 1 aliphatic rings. The van der Waals surface area contributed by atoms with Crippen LogP contribution < -0.4 is 0 Å². The first kappa shape index (κ1) is 18.0. The Hall–Kier alpha value is -2.78. The van der Waals surface area contributed by atoms with Crippen molar-refractivity contribution < 1.29 is 13.2 Å². The summed E-state index contributed by atoms with van der Waals surface area (Å²) in [5.74, 6) is 0.349. The largest absolute Gasteiger partial charge is 0.478 e. The van der Waals surface area contributed by atoms with Crippen molar-refractivity contribution in [3.8, 4) is 6.07 Å². The van der Waals surface area contributed by atoms with E-state index in [1.54, 1.807) is 36.4 Å². The van der Waals surface area contributed by atoms with Crippen LogP contribution in [0.2, 0.25) is 0 Å². The van der Waals surface area contributed by atoms with E-state index in [-0.39, 0.29) is 4.90 Å². The predicted octanol–water partition coefficient (Wildman–Crippen LogP) is 3.67. The molecule has 26 heavy (non-hydrogen) atoms. The molecule has 0 atom stereocenters. The van der Waals surface area contributed by atoms with Gasteiger partial charge in [-0.1, -0.05) is 29.8 Å². The summed E-state index contributed by atoms with van der Waals surface area (Å²) in [5.41, 5.74) is 3.26. The number of nitrogens with zero attached hydrogens (tertiary/aromatic N) is 2. The third kappa shape index (κ3) is 3.44. The van der Waals surface area contributed by atoms with Gasteiger partial charge in [-0.05, 0) is 49.6 Å². The molecule has 0 bridgehead atoms. The lowest BCUT2D eigenvalue weighted by Crippen LogP contribution is -2.30. The molecule has 2 aromatic carbocycles. The van der Waals surface area contributed by atoms with Gasteiger partial charge in [-0.3, -0.25) is 0 Å². The van der Waals surface area contributed by atoms with Gasteiger partial charge in [0, 0.05) is 12.6 Å². The average molecular weight is 368 g/mol. The van der Waals surface area contributed by atoms with E-state index in [9.17, 15) is 8.42 Å². The maximum atomic E-state index is 13.0. The normalized spacial score (nSPS) is 14.5. The van der Waals surface area contributed by atoms with Crippen LogP contribution in [-0.2, 0) is 14.8 Å². The van der Waals surface area contributed by atoms with Crippen molar-refractivity contribution in [1.82, 2.24) is 4.31 Å². The second kappa shape index (κ2) is 7.22. The molecule has 0 fully saturated rings. The number of hydrogen-bond acceptors (Lipinski definition) is 4. The van der Waals surface area contributed by atoms with Gasteiger partial charge in [0.25, 0.3) is 10.0 Å². The fraction of sp³-hybridized carbons (Fsp3) is 0.250. The molecule has 6 heteroatoms. The lowest BCUT2D eigenvalue weighted by atomic mass is 9.99. The Morgan fingerprint density at radius 2 is 1.73 bits per heavy atom. The van der Waals surface area contributed by atoms with Crippen molar-refractivity contribution in [3.63, 3.8) is 0 Å². The van der Waals surface area contributed by atoms with Gasteiger partial charge in [-0.2, -0.15) is 5.26 Å². The molecule has 0 amide bonds. The zero-order valence-electron chi connectivity index (χ0n) is 14.8. The van der Waals surface area contributed by atoms with Crippen LogP contribution in [0.1, 0.15) is 29.5 Å². The minimum Gasteiger partial charge on any atom is -0.478 e. The fourth-order valence-electron chi connectivity index (χ4n) is 2.88. The van der Waals surface area contributed by atoms with Crippen molar-refractivity contribution in [1.29, 1.82) is 5.26 Å². The van der Waals surface area contributed by atoms with Gasteiger partial charge in [-0.25, -0.2) is 12.7 Å². The number of nitriles is 1. The molecule has 1 heterocycles. The van der Waals surface area contributed by atoms with Crippen LogP contribution in [0.15, 0.2) is 59.3 Å². The highest BCUT2D eigenvalue weighted by molar-refractivity contribution is 7.89. The number of hydrogen-bond donors (Lipinski definition) is 0. The van der Waals surface area contributed by atoms with E-state index < -0.39 is 10.0 Å². The van der Waals surface area contributed by atoms with Gasteiger partial charge in [0.15, 0.2) is 0 Å². The Balaban J connectivity index is 2.03. The smallest absolute Gasteiger partial charge is 0.266 e. The minimum atomic E-state index is -3.71. The number of rotatable bonds is 4. The monoisotopic (exact) mass is 368 g/mol. The van der Waals surface area contributed by atoms with Crippen molar-refractivity contribution in [3.05, 3.63) is 71.1 Å². The third-order valence-electron chi connectivity index (χ3n) is 4.40. The minimum absolute atomic E-state index is 0.228. The fourth-order valence-corrected chi connectivity index (χ4v) is 4.06. The van der Waals surface area contributed by atoms with E-state index >= 15 is 0 Å². The molecule has 0 aliphatic carbocycles. The molecule has 0 saturated heterocycles. The second-order valence-corrected chi connectivity index (χ2v) is 8.18. The summed E-state index contributed by atoms with van der Waals surface area (Å²) in [5, 5.41) is 8.96. The number of sulfonamides is 1. The molecule has 0 radical (unpaired) electrons. The predicted molar refractivity (Wildman–Crippen MR) is 99.4 cm³/mol. The molecule has 0 unspecified atom stereocenters. The van der Waals surface area contributed by atoms with E-state index in [0.29, 0.717) is 18.1 Å². The highest BCUT2D eigenvalue weighted by Gasteiger charge is 2.28. The highest BCUT2D eigenvalue weighted by Crippen LogP contribution is 2.32. The summed E-state index contributed by atoms with van der Waals surface area (Å²) < 4.78 is 32.9. The standard InChI is InChI=1S/C20H20N2O3S/c1-15-5-11-18(12-6-15)26(23,24)22(2)20-19(4-3-13-25-20)17-9-7-16(14-21)8-10-17/h5-12H,3-4,13H2,1-2H3. The van der Waals surface area contributed by atoms with E-state index in [4.69, 9.17) is 10.00 Å². The number of benzene rings is 2. The summed E-state index contributed by atoms with van der Waals surface area (Å²) in [7, 11) is -2.20. The van der Waals surface area contributed by atoms with E-state index in [1.165, 1.54) is 11.4 Å². The zero-order valence-corrected chi connectivity index (χ0v) is 15.6.